The van der Waals surface area contributed by atoms with Crippen LogP contribution in [0.15, 0.2) is 0 Å². The molecular weight excluding hydrogens is 160 g/mol. The van der Waals surface area contributed by atoms with Crippen LogP contribution in [0.3, 0.4) is 0 Å². The molecule has 0 aromatic heterocycles. The Hall–Kier alpha value is -0.0400. The van der Waals surface area contributed by atoms with Crippen LogP contribution in [0.4, 0.5) is 0 Å². The summed E-state index contributed by atoms with van der Waals surface area (Å²) in [6.45, 7) is 7.57. The van der Waals surface area contributed by atoms with Crippen LogP contribution >= 0.6 is 0 Å². The minimum atomic E-state index is 0.402. The van der Waals surface area contributed by atoms with E-state index in [1.54, 1.807) is 0 Å². The molecule has 1 aliphatic rings. The van der Waals surface area contributed by atoms with E-state index in [1.165, 1.54) is 32.1 Å². The van der Waals surface area contributed by atoms with Gasteiger partial charge < -0.3 is 4.74 Å². The minimum Gasteiger partial charge on any atom is -0.378 e. The van der Waals surface area contributed by atoms with E-state index in [-0.39, 0.29) is 0 Å². The largest absolute Gasteiger partial charge is 0.378 e. The highest BCUT2D eigenvalue weighted by molar-refractivity contribution is 4.74. The van der Waals surface area contributed by atoms with E-state index in [0.29, 0.717) is 6.10 Å². The summed E-state index contributed by atoms with van der Waals surface area (Å²) in [6.07, 6.45) is 7.43. The van der Waals surface area contributed by atoms with E-state index in [9.17, 15) is 0 Å². The van der Waals surface area contributed by atoms with E-state index in [0.717, 1.165) is 18.4 Å². The van der Waals surface area contributed by atoms with E-state index in [1.807, 2.05) is 0 Å². The Kier molecular flexibility index (Phi) is 4.79. The topological polar surface area (TPSA) is 9.23 Å². The minimum absolute atomic E-state index is 0.402. The van der Waals surface area contributed by atoms with Gasteiger partial charge in [-0.05, 0) is 32.1 Å². The first-order valence-electron chi connectivity index (χ1n) is 5.85. The Balaban J connectivity index is 2.27. The molecule has 1 rings (SSSR count). The van der Waals surface area contributed by atoms with Gasteiger partial charge in [0.25, 0.3) is 0 Å². The molecular formula is C12H24O. The maximum absolute atomic E-state index is 5.71. The van der Waals surface area contributed by atoms with Gasteiger partial charge in [-0.25, -0.2) is 0 Å². The third-order valence-electron chi connectivity index (χ3n) is 3.23. The molecule has 0 bridgehead atoms. The first kappa shape index (κ1) is 11.0. The summed E-state index contributed by atoms with van der Waals surface area (Å²) in [5, 5.41) is 0. The molecule has 0 aliphatic heterocycles. The fraction of sp³-hybridized carbons (Fsp3) is 1.00. The maximum atomic E-state index is 5.71. The highest BCUT2D eigenvalue weighted by Gasteiger charge is 2.23. The number of rotatable bonds is 4. The van der Waals surface area contributed by atoms with Crippen molar-refractivity contribution in [3.05, 3.63) is 0 Å². The smallest absolute Gasteiger partial charge is 0.0519 e. The quantitative estimate of drug-likeness (QED) is 0.648. The van der Waals surface area contributed by atoms with Gasteiger partial charge in [-0.2, -0.15) is 0 Å². The standard InChI is InChI=1S/C12H24O/c1-4-11-7-5-6-8-12(11)9-13-10(2)3/h10-12H,4-9H2,1-3H3/t11-,12-/m1/s1. The van der Waals surface area contributed by atoms with E-state index < -0.39 is 0 Å². The monoisotopic (exact) mass is 184 g/mol. The van der Waals surface area contributed by atoms with Crippen LogP contribution in [0.25, 0.3) is 0 Å². The second-order valence-electron chi connectivity index (χ2n) is 4.59. The van der Waals surface area contributed by atoms with E-state index in [2.05, 4.69) is 20.8 Å². The van der Waals surface area contributed by atoms with Crippen LogP contribution in [0.2, 0.25) is 0 Å². The average Bonchev–Trinajstić information content (AvgIpc) is 2.15. The fourth-order valence-corrected chi connectivity index (χ4v) is 2.36. The van der Waals surface area contributed by atoms with E-state index >= 15 is 0 Å². The Labute approximate surface area is 82.9 Å². The molecule has 1 saturated carbocycles. The predicted octanol–water partition coefficient (Wildman–Crippen LogP) is 3.63. The summed E-state index contributed by atoms with van der Waals surface area (Å²) in [5.41, 5.74) is 0. The lowest BCUT2D eigenvalue weighted by Gasteiger charge is -2.31. The third-order valence-corrected chi connectivity index (χ3v) is 3.23. The van der Waals surface area contributed by atoms with Crippen molar-refractivity contribution in [2.45, 2.75) is 59.0 Å². The first-order valence-corrected chi connectivity index (χ1v) is 5.85. The van der Waals surface area contributed by atoms with Gasteiger partial charge in [0.05, 0.1) is 6.10 Å². The Morgan fingerprint density at radius 2 is 1.77 bits per heavy atom. The molecule has 0 unspecified atom stereocenters. The van der Waals surface area contributed by atoms with Gasteiger partial charge in [0, 0.05) is 6.61 Å². The van der Waals surface area contributed by atoms with Crippen LogP contribution in [-0.2, 0) is 4.74 Å². The molecule has 0 radical (unpaired) electrons. The molecule has 0 amide bonds. The molecule has 0 aromatic rings. The molecule has 1 fully saturated rings. The Bertz CT molecular complexity index is 131. The lowest BCUT2D eigenvalue weighted by molar-refractivity contribution is 0.0215. The second-order valence-corrected chi connectivity index (χ2v) is 4.59. The molecule has 0 aromatic carbocycles. The average molecular weight is 184 g/mol. The van der Waals surface area contributed by atoms with E-state index in [4.69, 9.17) is 4.74 Å². The second kappa shape index (κ2) is 5.64. The Morgan fingerprint density at radius 1 is 1.15 bits per heavy atom. The van der Waals surface area contributed by atoms with Crippen LogP contribution in [0, 0.1) is 11.8 Å². The maximum Gasteiger partial charge on any atom is 0.0519 e. The van der Waals surface area contributed by atoms with Gasteiger partial charge in [0.1, 0.15) is 0 Å². The normalized spacial score (nSPS) is 29.5. The zero-order valence-electron chi connectivity index (χ0n) is 9.38. The van der Waals surface area contributed by atoms with Crippen molar-refractivity contribution in [2.75, 3.05) is 6.61 Å². The van der Waals surface area contributed by atoms with Crippen LogP contribution in [0.5, 0.6) is 0 Å². The molecule has 0 saturated heterocycles. The summed E-state index contributed by atoms with van der Waals surface area (Å²) in [5.74, 6) is 1.79. The van der Waals surface area contributed by atoms with Crippen molar-refractivity contribution < 1.29 is 4.74 Å². The fourth-order valence-electron chi connectivity index (χ4n) is 2.36. The van der Waals surface area contributed by atoms with Gasteiger partial charge in [-0.15, -0.1) is 0 Å². The zero-order valence-corrected chi connectivity index (χ0v) is 9.38. The lowest BCUT2D eigenvalue weighted by atomic mass is 9.78. The molecule has 2 atom stereocenters. The molecule has 78 valence electrons. The van der Waals surface area contributed by atoms with Crippen LogP contribution in [-0.4, -0.2) is 12.7 Å². The first-order chi connectivity index (χ1) is 6.24. The molecule has 0 N–H and O–H groups in total. The van der Waals surface area contributed by atoms with Crippen molar-refractivity contribution in [3.8, 4) is 0 Å². The van der Waals surface area contributed by atoms with Gasteiger partial charge >= 0.3 is 0 Å². The molecule has 1 aliphatic carbocycles. The van der Waals surface area contributed by atoms with Crippen molar-refractivity contribution in [2.24, 2.45) is 11.8 Å². The molecule has 1 heteroatoms. The Morgan fingerprint density at radius 3 is 2.31 bits per heavy atom. The van der Waals surface area contributed by atoms with Crippen molar-refractivity contribution in [1.82, 2.24) is 0 Å². The van der Waals surface area contributed by atoms with Gasteiger partial charge in [-0.1, -0.05) is 32.6 Å². The highest BCUT2D eigenvalue weighted by atomic mass is 16.5. The molecule has 0 heterocycles. The van der Waals surface area contributed by atoms with Crippen LogP contribution < -0.4 is 0 Å². The predicted molar refractivity (Wildman–Crippen MR) is 56.8 cm³/mol. The van der Waals surface area contributed by atoms with Crippen molar-refractivity contribution in [3.63, 3.8) is 0 Å². The zero-order chi connectivity index (χ0) is 9.68. The van der Waals surface area contributed by atoms with Gasteiger partial charge in [0.2, 0.25) is 0 Å². The number of ether oxygens (including phenoxy) is 1. The number of hydrogen-bond acceptors (Lipinski definition) is 1. The molecule has 13 heavy (non-hydrogen) atoms. The molecule has 0 spiro atoms. The summed E-state index contributed by atoms with van der Waals surface area (Å²) < 4.78 is 5.71. The highest BCUT2D eigenvalue weighted by Crippen LogP contribution is 2.32. The third kappa shape index (κ3) is 3.68. The summed E-state index contributed by atoms with van der Waals surface area (Å²) in [4.78, 5) is 0. The number of hydrogen-bond donors (Lipinski definition) is 0. The van der Waals surface area contributed by atoms with Crippen LogP contribution in [0.1, 0.15) is 52.9 Å². The SMILES string of the molecule is CC[C@@H]1CCCC[C@@H]1COC(C)C. The summed E-state index contributed by atoms with van der Waals surface area (Å²) in [7, 11) is 0. The van der Waals surface area contributed by atoms with Gasteiger partial charge in [-0.3, -0.25) is 0 Å². The summed E-state index contributed by atoms with van der Waals surface area (Å²) in [6, 6.07) is 0. The van der Waals surface area contributed by atoms with Crippen molar-refractivity contribution in [1.29, 1.82) is 0 Å². The molecule has 1 nitrogen and oxygen atoms in total. The van der Waals surface area contributed by atoms with Gasteiger partial charge in [0.15, 0.2) is 0 Å². The summed E-state index contributed by atoms with van der Waals surface area (Å²) >= 11 is 0. The lowest BCUT2D eigenvalue weighted by Crippen LogP contribution is -2.24. The van der Waals surface area contributed by atoms with Crippen molar-refractivity contribution >= 4 is 0 Å².